The van der Waals surface area contributed by atoms with Gasteiger partial charge in [0, 0.05) is 22.3 Å². The summed E-state index contributed by atoms with van der Waals surface area (Å²) >= 11 is 11.7. The SMILES string of the molecule is O=C(Nc1ccc2c(c1)C(=O)Nc1cc(Cl)ccc1O2)c1ccc(Cl)c([N+](=O)[O-])c1. The van der Waals surface area contributed by atoms with Gasteiger partial charge in [0.1, 0.15) is 10.8 Å². The first kappa shape index (κ1) is 19.7. The second-order valence-corrected chi connectivity index (χ2v) is 7.13. The van der Waals surface area contributed by atoms with E-state index < -0.39 is 16.7 Å². The number of rotatable bonds is 3. The molecule has 0 unspecified atom stereocenters. The minimum Gasteiger partial charge on any atom is -0.454 e. The van der Waals surface area contributed by atoms with Crippen molar-refractivity contribution in [2.24, 2.45) is 0 Å². The summed E-state index contributed by atoms with van der Waals surface area (Å²) in [7, 11) is 0. The number of anilines is 2. The first-order valence-corrected chi connectivity index (χ1v) is 9.25. The zero-order chi connectivity index (χ0) is 21.4. The molecule has 2 N–H and O–H groups in total. The van der Waals surface area contributed by atoms with Gasteiger partial charge < -0.3 is 15.4 Å². The number of halogens is 2. The predicted molar refractivity (Wildman–Crippen MR) is 112 cm³/mol. The number of benzene rings is 3. The number of fused-ring (bicyclic) bond motifs is 2. The van der Waals surface area contributed by atoms with Crippen molar-refractivity contribution in [2.45, 2.75) is 0 Å². The fourth-order valence-corrected chi connectivity index (χ4v) is 3.23. The third kappa shape index (κ3) is 3.78. The molecule has 30 heavy (non-hydrogen) atoms. The van der Waals surface area contributed by atoms with Gasteiger partial charge in [-0.15, -0.1) is 0 Å². The smallest absolute Gasteiger partial charge is 0.288 e. The summed E-state index contributed by atoms with van der Waals surface area (Å²) in [6, 6.07) is 13.1. The molecule has 150 valence electrons. The highest BCUT2D eigenvalue weighted by Gasteiger charge is 2.22. The molecule has 0 spiro atoms. The molecule has 0 radical (unpaired) electrons. The molecule has 10 heteroatoms. The summed E-state index contributed by atoms with van der Waals surface area (Å²) in [5.74, 6) is -0.311. The van der Waals surface area contributed by atoms with E-state index in [1.165, 1.54) is 18.2 Å². The molecule has 4 rings (SSSR count). The molecule has 0 aliphatic carbocycles. The lowest BCUT2D eigenvalue weighted by atomic mass is 10.1. The number of nitro benzene ring substituents is 1. The Hall–Kier alpha value is -3.62. The van der Waals surface area contributed by atoms with E-state index in [2.05, 4.69) is 10.6 Å². The summed E-state index contributed by atoms with van der Waals surface area (Å²) in [5, 5.41) is 16.7. The van der Waals surface area contributed by atoms with E-state index in [1.54, 1.807) is 30.3 Å². The zero-order valence-electron chi connectivity index (χ0n) is 14.9. The number of carbonyl (C=O) groups is 2. The number of nitro groups is 1. The van der Waals surface area contributed by atoms with Crippen molar-refractivity contribution in [1.29, 1.82) is 0 Å². The van der Waals surface area contributed by atoms with Gasteiger partial charge in [-0.1, -0.05) is 23.2 Å². The molecule has 0 saturated heterocycles. The molecule has 2 amide bonds. The van der Waals surface area contributed by atoms with Crippen LogP contribution in [0.3, 0.4) is 0 Å². The second kappa shape index (κ2) is 7.66. The van der Waals surface area contributed by atoms with Gasteiger partial charge in [-0.3, -0.25) is 19.7 Å². The highest BCUT2D eigenvalue weighted by molar-refractivity contribution is 6.33. The minimum absolute atomic E-state index is 0.0452. The Kier molecular flexibility index (Phi) is 5.03. The van der Waals surface area contributed by atoms with E-state index in [-0.39, 0.29) is 21.8 Å². The summed E-state index contributed by atoms with van der Waals surface area (Å²) < 4.78 is 5.78. The van der Waals surface area contributed by atoms with E-state index in [4.69, 9.17) is 27.9 Å². The van der Waals surface area contributed by atoms with Crippen LogP contribution in [0, 0.1) is 10.1 Å². The van der Waals surface area contributed by atoms with Crippen LogP contribution in [-0.2, 0) is 0 Å². The molecule has 1 aliphatic heterocycles. The molecule has 0 saturated carbocycles. The summed E-state index contributed by atoms with van der Waals surface area (Å²) in [6.07, 6.45) is 0. The van der Waals surface area contributed by atoms with E-state index >= 15 is 0 Å². The number of amides is 2. The van der Waals surface area contributed by atoms with E-state index in [0.29, 0.717) is 27.9 Å². The maximum absolute atomic E-state index is 12.6. The molecule has 1 heterocycles. The van der Waals surface area contributed by atoms with Crippen molar-refractivity contribution in [1.82, 2.24) is 0 Å². The van der Waals surface area contributed by atoms with E-state index in [0.717, 1.165) is 6.07 Å². The molecular weight excluding hydrogens is 433 g/mol. The highest BCUT2D eigenvalue weighted by Crippen LogP contribution is 2.38. The van der Waals surface area contributed by atoms with Crippen LogP contribution in [0.25, 0.3) is 0 Å². The monoisotopic (exact) mass is 443 g/mol. The average molecular weight is 444 g/mol. The Labute approximate surface area is 179 Å². The van der Waals surface area contributed by atoms with Crippen molar-refractivity contribution in [2.75, 3.05) is 10.6 Å². The molecule has 3 aromatic carbocycles. The van der Waals surface area contributed by atoms with Crippen LogP contribution in [0.15, 0.2) is 54.6 Å². The molecule has 0 atom stereocenters. The van der Waals surface area contributed by atoms with Gasteiger partial charge in [0.05, 0.1) is 16.2 Å². The van der Waals surface area contributed by atoms with Gasteiger partial charge in [-0.25, -0.2) is 0 Å². The lowest BCUT2D eigenvalue weighted by Crippen LogP contribution is -2.14. The Morgan fingerprint density at radius 1 is 1.03 bits per heavy atom. The number of carbonyl (C=O) groups excluding carboxylic acids is 2. The van der Waals surface area contributed by atoms with Crippen molar-refractivity contribution < 1.29 is 19.2 Å². The lowest BCUT2D eigenvalue weighted by Gasteiger charge is -2.10. The average Bonchev–Trinajstić information content (AvgIpc) is 2.83. The van der Waals surface area contributed by atoms with Crippen LogP contribution in [0.5, 0.6) is 11.5 Å². The fourth-order valence-electron chi connectivity index (χ4n) is 2.87. The lowest BCUT2D eigenvalue weighted by molar-refractivity contribution is -0.384. The van der Waals surface area contributed by atoms with E-state index in [9.17, 15) is 19.7 Å². The van der Waals surface area contributed by atoms with Gasteiger partial charge >= 0.3 is 0 Å². The fraction of sp³-hybridized carbons (Fsp3) is 0. The predicted octanol–water partition coefficient (Wildman–Crippen LogP) is 5.51. The van der Waals surface area contributed by atoms with Gasteiger partial charge in [0.15, 0.2) is 5.75 Å². The highest BCUT2D eigenvalue weighted by atomic mass is 35.5. The third-order valence-corrected chi connectivity index (χ3v) is 4.85. The number of nitrogens with one attached hydrogen (secondary N) is 2. The first-order valence-electron chi connectivity index (χ1n) is 8.50. The molecule has 8 nitrogen and oxygen atoms in total. The van der Waals surface area contributed by atoms with Crippen molar-refractivity contribution in [3.05, 3.63) is 85.9 Å². The Morgan fingerprint density at radius 3 is 2.57 bits per heavy atom. The van der Waals surface area contributed by atoms with Gasteiger partial charge in [0.2, 0.25) is 0 Å². The Morgan fingerprint density at radius 2 is 1.80 bits per heavy atom. The second-order valence-electron chi connectivity index (χ2n) is 6.29. The molecular formula is C20H11Cl2N3O5. The molecule has 0 bridgehead atoms. The third-order valence-electron chi connectivity index (χ3n) is 4.30. The van der Waals surface area contributed by atoms with Gasteiger partial charge in [0.25, 0.3) is 17.5 Å². The number of ether oxygens (including phenoxy) is 1. The van der Waals surface area contributed by atoms with Crippen LogP contribution in [0.2, 0.25) is 10.0 Å². The topological polar surface area (TPSA) is 111 Å². The summed E-state index contributed by atoms with van der Waals surface area (Å²) in [6.45, 7) is 0. The van der Waals surface area contributed by atoms with Crippen LogP contribution >= 0.6 is 23.2 Å². The van der Waals surface area contributed by atoms with Crippen molar-refractivity contribution in [3.63, 3.8) is 0 Å². The minimum atomic E-state index is -0.674. The first-order chi connectivity index (χ1) is 14.3. The molecule has 0 fully saturated rings. The molecule has 3 aromatic rings. The zero-order valence-corrected chi connectivity index (χ0v) is 16.5. The maximum atomic E-state index is 12.6. The number of hydrogen-bond acceptors (Lipinski definition) is 5. The normalized spacial score (nSPS) is 12.0. The van der Waals surface area contributed by atoms with Crippen LogP contribution in [-0.4, -0.2) is 16.7 Å². The summed E-state index contributed by atoms with van der Waals surface area (Å²) in [5.41, 5.74) is 0.586. The molecule has 1 aliphatic rings. The van der Waals surface area contributed by atoms with Crippen molar-refractivity contribution in [3.8, 4) is 11.5 Å². The van der Waals surface area contributed by atoms with Gasteiger partial charge in [-0.2, -0.15) is 0 Å². The van der Waals surface area contributed by atoms with Crippen LogP contribution < -0.4 is 15.4 Å². The Bertz CT molecular complexity index is 1230. The van der Waals surface area contributed by atoms with Gasteiger partial charge in [-0.05, 0) is 48.5 Å². The van der Waals surface area contributed by atoms with Crippen LogP contribution in [0.1, 0.15) is 20.7 Å². The quantitative estimate of drug-likeness (QED) is 0.409. The number of hydrogen-bond donors (Lipinski definition) is 2. The number of nitrogens with zero attached hydrogens (tertiary/aromatic N) is 1. The van der Waals surface area contributed by atoms with Crippen molar-refractivity contribution >= 4 is 52.1 Å². The standard InChI is InChI=1S/C20H11Cl2N3O5/c21-11-2-5-18-15(8-11)24-20(27)13-9-12(3-6-17(13)30-18)23-19(26)10-1-4-14(22)16(7-10)25(28)29/h1-9H,(H,23,26)(H,24,27). The summed E-state index contributed by atoms with van der Waals surface area (Å²) in [4.78, 5) is 35.5. The molecule has 0 aromatic heterocycles. The van der Waals surface area contributed by atoms with Crippen LogP contribution in [0.4, 0.5) is 17.1 Å². The Balaban J connectivity index is 1.61. The maximum Gasteiger partial charge on any atom is 0.288 e. The van der Waals surface area contributed by atoms with E-state index in [1.807, 2.05) is 0 Å². The largest absolute Gasteiger partial charge is 0.454 e.